The number of ether oxygens (including phenoxy) is 1. The van der Waals surface area contributed by atoms with Crippen molar-refractivity contribution in [2.75, 3.05) is 6.61 Å². The lowest BCUT2D eigenvalue weighted by Crippen LogP contribution is -2.43. The van der Waals surface area contributed by atoms with Crippen molar-refractivity contribution in [2.45, 2.75) is 19.4 Å². The maximum atomic E-state index is 12.0. The number of hydrogen-bond donors (Lipinski definition) is 1. The number of rotatable bonds is 7. The van der Waals surface area contributed by atoms with E-state index in [1.165, 1.54) is 13.0 Å². The lowest BCUT2D eigenvalue weighted by molar-refractivity contribution is -0.128. The Bertz CT molecular complexity index is 761. The molecule has 130 valence electrons. The number of carbonyl (C=O) groups is 3. The number of ketones is 1. The summed E-state index contributed by atoms with van der Waals surface area (Å²) in [6, 6.07) is 14.9. The summed E-state index contributed by atoms with van der Waals surface area (Å²) < 4.78 is 4.95. The fourth-order valence-electron chi connectivity index (χ4n) is 2.21. The molecule has 0 spiro atoms. The Balaban J connectivity index is 1.88. The molecule has 2 aromatic rings. The fraction of sp³-hybridized carbons (Fsp3) is 0.211. The van der Waals surface area contributed by atoms with Crippen LogP contribution in [0.15, 0.2) is 54.6 Å². The number of nitrogens with one attached hydrogen (secondary N) is 1. The third-order valence-electron chi connectivity index (χ3n) is 3.50. The van der Waals surface area contributed by atoms with Gasteiger partial charge in [0.2, 0.25) is 0 Å². The molecule has 0 saturated heterocycles. The van der Waals surface area contributed by atoms with Gasteiger partial charge in [-0.2, -0.15) is 0 Å². The minimum Gasteiger partial charge on any atom is -0.452 e. The molecule has 2 rings (SSSR count). The van der Waals surface area contributed by atoms with Gasteiger partial charge in [-0.1, -0.05) is 48.0 Å². The first-order chi connectivity index (χ1) is 12.0. The fourth-order valence-corrected chi connectivity index (χ4v) is 2.40. The van der Waals surface area contributed by atoms with E-state index in [4.69, 9.17) is 16.3 Å². The highest BCUT2D eigenvalue weighted by molar-refractivity contribution is 6.30. The monoisotopic (exact) mass is 359 g/mol. The topological polar surface area (TPSA) is 72.5 Å². The van der Waals surface area contributed by atoms with Crippen molar-refractivity contribution in [3.63, 3.8) is 0 Å². The molecule has 6 heteroatoms. The van der Waals surface area contributed by atoms with Crippen LogP contribution in [0.3, 0.4) is 0 Å². The van der Waals surface area contributed by atoms with Gasteiger partial charge in [0, 0.05) is 5.02 Å². The molecule has 0 aliphatic carbocycles. The van der Waals surface area contributed by atoms with Crippen LogP contribution in [-0.4, -0.2) is 30.3 Å². The minimum atomic E-state index is -0.667. The average Bonchev–Trinajstić information content (AvgIpc) is 2.60. The zero-order valence-electron chi connectivity index (χ0n) is 13.7. The van der Waals surface area contributed by atoms with E-state index >= 15 is 0 Å². The van der Waals surface area contributed by atoms with Gasteiger partial charge in [0.25, 0.3) is 5.91 Å². The highest BCUT2D eigenvalue weighted by atomic mass is 35.5. The second kappa shape index (κ2) is 8.99. The molecular weight excluding hydrogens is 342 g/mol. The highest BCUT2D eigenvalue weighted by Crippen LogP contribution is 2.11. The van der Waals surface area contributed by atoms with Gasteiger partial charge in [-0.25, -0.2) is 4.79 Å². The van der Waals surface area contributed by atoms with Gasteiger partial charge < -0.3 is 10.1 Å². The summed E-state index contributed by atoms with van der Waals surface area (Å²) in [5.74, 6) is -1.36. The molecule has 5 nitrogen and oxygen atoms in total. The molecule has 0 radical (unpaired) electrons. The first-order valence-corrected chi connectivity index (χ1v) is 8.10. The number of hydrogen-bond acceptors (Lipinski definition) is 4. The summed E-state index contributed by atoms with van der Waals surface area (Å²) in [6.45, 7) is 0.940. The van der Waals surface area contributed by atoms with Crippen LogP contribution in [0.2, 0.25) is 5.02 Å². The molecule has 0 bridgehead atoms. The van der Waals surface area contributed by atoms with Gasteiger partial charge in [0.05, 0.1) is 11.6 Å². The van der Waals surface area contributed by atoms with Crippen molar-refractivity contribution in [3.8, 4) is 0 Å². The third kappa shape index (κ3) is 6.04. The van der Waals surface area contributed by atoms with Crippen molar-refractivity contribution in [3.05, 3.63) is 70.7 Å². The van der Waals surface area contributed by atoms with Gasteiger partial charge in [-0.3, -0.25) is 9.59 Å². The van der Waals surface area contributed by atoms with E-state index in [1.807, 2.05) is 30.3 Å². The second-order valence-electron chi connectivity index (χ2n) is 5.51. The summed E-state index contributed by atoms with van der Waals surface area (Å²) >= 11 is 5.81. The Kier molecular flexibility index (Phi) is 6.71. The Hall–Kier alpha value is -2.66. The Morgan fingerprint density at radius 3 is 2.44 bits per heavy atom. The van der Waals surface area contributed by atoms with E-state index < -0.39 is 24.5 Å². The van der Waals surface area contributed by atoms with Gasteiger partial charge in [-0.15, -0.1) is 0 Å². The molecule has 1 atom stereocenters. The molecule has 1 amide bonds. The number of amides is 1. The maximum Gasteiger partial charge on any atom is 0.338 e. The van der Waals surface area contributed by atoms with Gasteiger partial charge in [-0.05, 0) is 37.1 Å². The molecule has 0 fully saturated rings. The predicted octanol–water partition coefficient (Wildman–Crippen LogP) is 2.81. The summed E-state index contributed by atoms with van der Waals surface area (Å²) in [4.78, 5) is 35.6. The summed E-state index contributed by atoms with van der Waals surface area (Å²) in [5, 5.41) is 2.99. The second-order valence-corrected chi connectivity index (χ2v) is 5.94. The van der Waals surface area contributed by atoms with E-state index in [0.29, 0.717) is 11.4 Å². The first-order valence-electron chi connectivity index (χ1n) is 7.72. The highest BCUT2D eigenvalue weighted by Gasteiger charge is 2.19. The Labute approximate surface area is 150 Å². The first kappa shape index (κ1) is 18.7. The summed E-state index contributed by atoms with van der Waals surface area (Å²) in [5.41, 5.74) is 1.19. The summed E-state index contributed by atoms with van der Waals surface area (Å²) in [7, 11) is 0. The van der Waals surface area contributed by atoms with Crippen LogP contribution in [0.5, 0.6) is 0 Å². The molecule has 0 aromatic heterocycles. The van der Waals surface area contributed by atoms with Crippen LogP contribution in [0, 0.1) is 0 Å². The SMILES string of the molecule is CC(=O)[C@H](Cc1ccccc1)NC(=O)COC(=O)c1cccc(Cl)c1. The van der Waals surface area contributed by atoms with Crippen molar-refractivity contribution in [1.29, 1.82) is 0 Å². The van der Waals surface area contributed by atoms with Crippen molar-refractivity contribution in [1.82, 2.24) is 5.32 Å². The molecule has 0 unspecified atom stereocenters. The molecule has 2 aromatic carbocycles. The van der Waals surface area contributed by atoms with E-state index in [9.17, 15) is 14.4 Å². The molecule has 25 heavy (non-hydrogen) atoms. The van der Waals surface area contributed by atoms with Crippen molar-refractivity contribution in [2.24, 2.45) is 0 Å². The van der Waals surface area contributed by atoms with Crippen molar-refractivity contribution >= 4 is 29.3 Å². The summed E-state index contributed by atoms with van der Waals surface area (Å²) in [6.07, 6.45) is 0.379. The molecular formula is C19H18ClNO4. The van der Waals surface area contributed by atoms with E-state index in [0.717, 1.165) is 5.56 Å². The third-order valence-corrected chi connectivity index (χ3v) is 3.74. The standard InChI is InChI=1S/C19H18ClNO4/c1-13(22)17(10-14-6-3-2-4-7-14)21-18(23)12-25-19(24)15-8-5-9-16(20)11-15/h2-9,11,17H,10,12H2,1H3,(H,21,23)/t17-/m0/s1. The van der Waals surface area contributed by atoms with Crippen LogP contribution < -0.4 is 5.32 Å². The van der Waals surface area contributed by atoms with Gasteiger partial charge in [0.15, 0.2) is 12.4 Å². The minimum absolute atomic E-state index is 0.168. The molecule has 0 saturated carbocycles. The van der Waals surface area contributed by atoms with Crippen LogP contribution in [-0.2, 0) is 20.7 Å². The number of halogens is 1. The Morgan fingerprint density at radius 1 is 1.08 bits per heavy atom. The lowest BCUT2D eigenvalue weighted by atomic mass is 10.0. The quantitative estimate of drug-likeness (QED) is 0.771. The van der Waals surface area contributed by atoms with Crippen LogP contribution >= 0.6 is 11.6 Å². The van der Waals surface area contributed by atoms with Crippen LogP contribution in [0.1, 0.15) is 22.8 Å². The van der Waals surface area contributed by atoms with Crippen molar-refractivity contribution < 1.29 is 19.1 Å². The normalized spacial score (nSPS) is 11.4. The smallest absolute Gasteiger partial charge is 0.338 e. The zero-order valence-corrected chi connectivity index (χ0v) is 14.5. The molecule has 0 aliphatic heterocycles. The lowest BCUT2D eigenvalue weighted by Gasteiger charge is -2.16. The van der Waals surface area contributed by atoms with E-state index in [1.54, 1.807) is 18.2 Å². The van der Waals surface area contributed by atoms with Crippen LogP contribution in [0.25, 0.3) is 0 Å². The number of Topliss-reactive ketones (excluding diaryl/α,β-unsaturated/α-hetero) is 1. The van der Waals surface area contributed by atoms with E-state index in [2.05, 4.69) is 5.32 Å². The average molecular weight is 360 g/mol. The number of carbonyl (C=O) groups excluding carboxylic acids is 3. The van der Waals surface area contributed by atoms with Crippen LogP contribution in [0.4, 0.5) is 0 Å². The number of benzene rings is 2. The van der Waals surface area contributed by atoms with Gasteiger partial charge in [0.1, 0.15) is 0 Å². The number of esters is 1. The largest absolute Gasteiger partial charge is 0.452 e. The Morgan fingerprint density at radius 2 is 1.80 bits per heavy atom. The predicted molar refractivity (Wildman–Crippen MR) is 94.5 cm³/mol. The van der Waals surface area contributed by atoms with E-state index in [-0.39, 0.29) is 11.3 Å². The maximum absolute atomic E-state index is 12.0. The van der Waals surface area contributed by atoms with Gasteiger partial charge >= 0.3 is 5.97 Å². The molecule has 0 heterocycles. The zero-order chi connectivity index (χ0) is 18.2. The molecule has 1 N–H and O–H groups in total. The molecule has 0 aliphatic rings.